The SMILES string of the molecule is O=C(NCc1ccccc1)c1ccc(O)cc1O. The van der Waals surface area contributed by atoms with Gasteiger partial charge in [0.15, 0.2) is 0 Å². The van der Waals surface area contributed by atoms with Gasteiger partial charge in [0.05, 0.1) is 5.56 Å². The van der Waals surface area contributed by atoms with Crippen LogP contribution in [0.2, 0.25) is 0 Å². The molecule has 1 amide bonds. The van der Waals surface area contributed by atoms with E-state index >= 15 is 0 Å². The second-order valence-electron chi connectivity index (χ2n) is 3.87. The van der Waals surface area contributed by atoms with E-state index in [1.165, 1.54) is 12.1 Å². The highest BCUT2D eigenvalue weighted by Gasteiger charge is 2.10. The van der Waals surface area contributed by atoms with E-state index in [1.54, 1.807) is 0 Å². The number of aromatic hydroxyl groups is 2. The smallest absolute Gasteiger partial charge is 0.255 e. The van der Waals surface area contributed by atoms with Gasteiger partial charge in [-0.05, 0) is 17.7 Å². The molecule has 92 valence electrons. The minimum atomic E-state index is -0.378. The molecule has 0 fully saturated rings. The number of carbonyl (C=O) groups excluding carboxylic acids is 1. The van der Waals surface area contributed by atoms with Crippen molar-refractivity contribution in [1.29, 1.82) is 0 Å². The van der Waals surface area contributed by atoms with Gasteiger partial charge in [-0.2, -0.15) is 0 Å². The molecule has 0 unspecified atom stereocenters. The number of hydrogen-bond acceptors (Lipinski definition) is 3. The van der Waals surface area contributed by atoms with Gasteiger partial charge in [-0.25, -0.2) is 0 Å². The Morgan fingerprint density at radius 1 is 1.06 bits per heavy atom. The molecule has 18 heavy (non-hydrogen) atoms. The minimum Gasteiger partial charge on any atom is -0.508 e. The van der Waals surface area contributed by atoms with E-state index in [9.17, 15) is 9.90 Å². The average Bonchev–Trinajstić information content (AvgIpc) is 2.37. The van der Waals surface area contributed by atoms with Crippen LogP contribution in [0.5, 0.6) is 11.5 Å². The van der Waals surface area contributed by atoms with E-state index in [2.05, 4.69) is 5.32 Å². The lowest BCUT2D eigenvalue weighted by atomic mass is 10.1. The topological polar surface area (TPSA) is 69.6 Å². The summed E-state index contributed by atoms with van der Waals surface area (Å²) in [6.07, 6.45) is 0. The molecule has 0 bridgehead atoms. The Balaban J connectivity index is 2.04. The largest absolute Gasteiger partial charge is 0.508 e. The van der Waals surface area contributed by atoms with E-state index in [4.69, 9.17) is 5.11 Å². The maximum absolute atomic E-state index is 11.8. The molecule has 0 aliphatic carbocycles. The summed E-state index contributed by atoms with van der Waals surface area (Å²) >= 11 is 0. The Hall–Kier alpha value is -2.49. The number of hydrogen-bond donors (Lipinski definition) is 3. The summed E-state index contributed by atoms with van der Waals surface area (Å²) in [5, 5.41) is 21.4. The molecule has 0 spiro atoms. The quantitative estimate of drug-likeness (QED) is 0.772. The number of nitrogens with one attached hydrogen (secondary N) is 1. The number of phenols is 2. The molecule has 0 aliphatic rings. The lowest BCUT2D eigenvalue weighted by Gasteiger charge is -2.07. The third-order valence-electron chi connectivity index (χ3n) is 2.52. The average molecular weight is 243 g/mol. The first-order valence-corrected chi connectivity index (χ1v) is 5.51. The molecule has 2 aromatic rings. The van der Waals surface area contributed by atoms with Crippen molar-refractivity contribution in [2.45, 2.75) is 6.54 Å². The van der Waals surface area contributed by atoms with Crippen LogP contribution in [0.4, 0.5) is 0 Å². The van der Waals surface area contributed by atoms with Gasteiger partial charge in [0.1, 0.15) is 11.5 Å². The van der Waals surface area contributed by atoms with Gasteiger partial charge in [0.25, 0.3) is 5.91 Å². The molecule has 0 aromatic heterocycles. The molecule has 4 nitrogen and oxygen atoms in total. The lowest BCUT2D eigenvalue weighted by molar-refractivity contribution is 0.0948. The first-order valence-electron chi connectivity index (χ1n) is 5.51. The van der Waals surface area contributed by atoms with Crippen molar-refractivity contribution in [2.24, 2.45) is 0 Å². The maximum atomic E-state index is 11.8. The lowest BCUT2D eigenvalue weighted by Crippen LogP contribution is -2.22. The standard InChI is InChI=1S/C14H13NO3/c16-11-6-7-12(13(17)8-11)14(18)15-9-10-4-2-1-3-5-10/h1-8,16-17H,9H2,(H,15,18). The molecule has 0 atom stereocenters. The molecule has 0 saturated heterocycles. The van der Waals surface area contributed by atoms with Crippen LogP contribution >= 0.6 is 0 Å². The molecule has 4 heteroatoms. The summed E-state index contributed by atoms with van der Waals surface area (Å²) in [6.45, 7) is 0.389. The Kier molecular flexibility index (Phi) is 3.48. The van der Waals surface area contributed by atoms with E-state index in [0.29, 0.717) is 6.54 Å². The third kappa shape index (κ3) is 2.79. The molecule has 0 saturated carbocycles. The third-order valence-corrected chi connectivity index (χ3v) is 2.52. The molecule has 0 radical (unpaired) electrons. The molecule has 2 rings (SSSR count). The summed E-state index contributed by atoms with van der Waals surface area (Å²) in [7, 11) is 0. The van der Waals surface area contributed by atoms with E-state index in [0.717, 1.165) is 11.6 Å². The van der Waals surface area contributed by atoms with Crippen LogP contribution in [0.25, 0.3) is 0 Å². The second kappa shape index (κ2) is 5.23. The summed E-state index contributed by atoms with van der Waals surface area (Å²) in [4.78, 5) is 11.8. The van der Waals surface area contributed by atoms with Crippen LogP contribution in [0.3, 0.4) is 0 Å². The number of phenolic OH excluding ortho intramolecular Hbond substituents is 2. The van der Waals surface area contributed by atoms with E-state index in [-0.39, 0.29) is 23.0 Å². The van der Waals surface area contributed by atoms with Crippen molar-refractivity contribution in [3.8, 4) is 11.5 Å². The van der Waals surface area contributed by atoms with Crippen LogP contribution in [0.1, 0.15) is 15.9 Å². The number of carbonyl (C=O) groups is 1. The van der Waals surface area contributed by atoms with Gasteiger partial charge in [-0.3, -0.25) is 4.79 Å². The maximum Gasteiger partial charge on any atom is 0.255 e. The Labute approximate surface area is 105 Å². The van der Waals surface area contributed by atoms with Crippen LogP contribution < -0.4 is 5.32 Å². The zero-order valence-corrected chi connectivity index (χ0v) is 9.63. The fourth-order valence-corrected chi connectivity index (χ4v) is 1.59. The minimum absolute atomic E-state index is 0.0768. The van der Waals surface area contributed by atoms with Gasteiger partial charge in [-0.15, -0.1) is 0 Å². The van der Waals surface area contributed by atoms with Gasteiger partial charge >= 0.3 is 0 Å². The van der Waals surface area contributed by atoms with Gasteiger partial charge in [-0.1, -0.05) is 30.3 Å². The van der Waals surface area contributed by atoms with Crippen molar-refractivity contribution >= 4 is 5.91 Å². The van der Waals surface area contributed by atoms with E-state index in [1.807, 2.05) is 30.3 Å². The fraction of sp³-hybridized carbons (Fsp3) is 0.0714. The normalized spacial score (nSPS) is 10.0. The number of amides is 1. The fourth-order valence-electron chi connectivity index (χ4n) is 1.59. The van der Waals surface area contributed by atoms with Crippen molar-refractivity contribution in [2.75, 3.05) is 0 Å². The highest BCUT2D eigenvalue weighted by Crippen LogP contribution is 2.22. The Morgan fingerprint density at radius 2 is 1.78 bits per heavy atom. The van der Waals surface area contributed by atoms with Crippen molar-refractivity contribution < 1.29 is 15.0 Å². The predicted octanol–water partition coefficient (Wildman–Crippen LogP) is 2.03. The molecule has 3 N–H and O–H groups in total. The molecule has 0 aliphatic heterocycles. The summed E-state index contributed by atoms with van der Waals surface area (Å²) in [5.74, 6) is -0.691. The van der Waals surface area contributed by atoms with E-state index < -0.39 is 0 Å². The van der Waals surface area contributed by atoms with Gasteiger partial charge in [0.2, 0.25) is 0 Å². The first-order chi connectivity index (χ1) is 8.66. The Morgan fingerprint density at radius 3 is 2.44 bits per heavy atom. The highest BCUT2D eigenvalue weighted by atomic mass is 16.3. The summed E-state index contributed by atoms with van der Waals surface area (Å²) < 4.78 is 0. The molecule has 0 heterocycles. The first kappa shape index (κ1) is 12.0. The molecule has 2 aromatic carbocycles. The van der Waals surface area contributed by atoms with Crippen LogP contribution in [0.15, 0.2) is 48.5 Å². The van der Waals surface area contributed by atoms with Crippen molar-refractivity contribution in [3.63, 3.8) is 0 Å². The van der Waals surface area contributed by atoms with Gasteiger partial charge < -0.3 is 15.5 Å². The van der Waals surface area contributed by atoms with Crippen molar-refractivity contribution in [1.82, 2.24) is 5.32 Å². The van der Waals surface area contributed by atoms with Crippen LogP contribution in [-0.2, 0) is 6.54 Å². The summed E-state index contributed by atoms with van der Waals surface area (Å²) in [5.41, 5.74) is 1.12. The monoisotopic (exact) mass is 243 g/mol. The van der Waals surface area contributed by atoms with Crippen LogP contribution in [0, 0.1) is 0 Å². The number of benzene rings is 2. The number of rotatable bonds is 3. The molecular formula is C14H13NO3. The predicted molar refractivity (Wildman–Crippen MR) is 67.4 cm³/mol. The van der Waals surface area contributed by atoms with Crippen molar-refractivity contribution in [3.05, 3.63) is 59.7 Å². The van der Waals surface area contributed by atoms with Crippen LogP contribution in [-0.4, -0.2) is 16.1 Å². The Bertz CT molecular complexity index is 552. The van der Waals surface area contributed by atoms with Gasteiger partial charge in [0, 0.05) is 12.6 Å². The molecular weight excluding hydrogens is 230 g/mol. The second-order valence-corrected chi connectivity index (χ2v) is 3.87. The zero-order valence-electron chi connectivity index (χ0n) is 9.63. The summed E-state index contributed by atoms with van der Waals surface area (Å²) in [6, 6.07) is 13.4. The zero-order chi connectivity index (χ0) is 13.0. The highest BCUT2D eigenvalue weighted by molar-refractivity contribution is 5.96.